The van der Waals surface area contributed by atoms with Gasteiger partial charge in [-0.1, -0.05) is 56.3 Å². The standard InChI is InChI=1S/C24H29NO4/c1-19(2)15-28-22-10-8-20(9-11-22)14-25(17-24(18-26)12-13-24)23(27)29-16-21-6-4-3-5-7-21/h3-11,18-19H,12-17H2,1-2H3. The van der Waals surface area contributed by atoms with E-state index >= 15 is 0 Å². The van der Waals surface area contributed by atoms with Crippen molar-refractivity contribution in [1.29, 1.82) is 0 Å². The van der Waals surface area contributed by atoms with Crippen LogP contribution in [0.4, 0.5) is 4.79 Å². The lowest BCUT2D eigenvalue weighted by Crippen LogP contribution is -2.36. The van der Waals surface area contributed by atoms with E-state index in [0.29, 0.717) is 25.6 Å². The van der Waals surface area contributed by atoms with Gasteiger partial charge in [-0.25, -0.2) is 4.79 Å². The quantitative estimate of drug-likeness (QED) is 0.540. The molecule has 0 saturated heterocycles. The van der Waals surface area contributed by atoms with Gasteiger partial charge < -0.3 is 19.2 Å². The van der Waals surface area contributed by atoms with Gasteiger partial charge in [0.25, 0.3) is 0 Å². The van der Waals surface area contributed by atoms with Crippen molar-refractivity contribution < 1.29 is 19.1 Å². The van der Waals surface area contributed by atoms with Crippen LogP contribution in [0.5, 0.6) is 5.75 Å². The third-order valence-electron chi connectivity index (χ3n) is 4.99. The van der Waals surface area contributed by atoms with Crippen LogP contribution in [0.15, 0.2) is 54.6 Å². The average Bonchev–Trinajstić information content (AvgIpc) is 3.52. The molecule has 0 atom stereocenters. The number of aldehydes is 1. The van der Waals surface area contributed by atoms with Gasteiger partial charge in [-0.05, 0) is 42.0 Å². The molecular weight excluding hydrogens is 366 g/mol. The zero-order valence-electron chi connectivity index (χ0n) is 17.2. The lowest BCUT2D eigenvalue weighted by atomic mass is 10.1. The first-order valence-corrected chi connectivity index (χ1v) is 10.1. The molecule has 3 rings (SSSR count). The van der Waals surface area contributed by atoms with Crippen LogP contribution in [0, 0.1) is 11.3 Å². The molecule has 154 valence electrons. The van der Waals surface area contributed by atoms with Crippen molar-refractivity contribution in [3.8, 4) is 5.75 Å². The van der Waals surface area contributed by atoms with Gasteiger partial charge in [0, 0.05) is 18.5 Å². The van der Waals surface area contributed by atoms with Crippen molar-refractivity contribution in [2.24, 2.45) is 11.3 Å². The molecule has 0 spiro atoms. The molecule has 2 aromatic carbocycles. The summed E-state index contributed by atoms with van der Waals surface area (Å²) < 4.78 is 11.2. The van der Waals surface area contributed by atoms with Gasteiger partial charge in [0.2, 0.25) is 0 Å². The second-order valence-corrected chi connectivity index (χ2v) is 8.23. The molecule has 0 unspecified atom stereocenters. The molecule has 5 nitrogen and oxygen atoms in total. The first-order chi connectivity index (χ1) is 14.0. The molecule has 5 heteroatoms. The van der Waals surface area contributed by atoms with Crippen LogP contribution >= 0.6 is 0 Å². The fraction of sp³-hybridized carbons (Fsp3) is 0.417. The van der Waals surface area contributed by atoms with Crippen molar-refractivity contribution >= 4 is 12.4 Å². The smallest absolute Gasteiger partial charge is 0.410 e. The van der Waals surface area contributed by atoms with Crippen molar-refractivity contribution in [2.45, 2.75) is 39.8 Å². The van der Waals surface area contributed by atoms with Gasteiger partial charge in [-0.3, -0.25) is 0 Å². The molecule has 0 aromatic heterocycles. The second-order valence-electron chi connectivity index (χ2n) is 8.23. The molecule has 1 saturated carbocycles. The Hall–Kier alpha value is -2.82. The summed E-state index contributed by atoms with van der Waals surface area (Å²) in [6.45, 7) is 5.87. The fourth-order valence-corrected chi connectivity index (χ4v) is 3.02. The third-order valence-corrected chi connectivity index (χ3v) is 4.99. The number of carbonyl (C=O) groups excluding carboxylic acids is 2. The predicted molar refractivity (Wildman–Crippen MR) is 112 cm³/mol. The number of benzene rings is 2. The third kappa shape index (κ3) is 6.34. The molecule has 0 radical (unpaired) electrons. The maximum atomic E-state index is 12.7. The van der Waals surface area contributed by atoms with E-state index in [4.69, 9.17) is 9.47 Å². The Kier molecular flexibility index (Phi) is 6.91. The first-order valence-electron chi connectivity index (χ1n) is 10.1. The van der Waals surface area contributed by atoms with Crippen molar-refractivity contribution in [3.63, 3.8) is 0 Å². The average molecular weight is 395 g/mol. The van der Waals surface area contributed by atoms with E-state index in [1.165, 1.54) is 0 Å². The van der Waals surface area contributed by atoms with E-state index in [1.54, 1.807) is 4.90 Å². The number of hydrogen-bond acceptors (Lipinski definition) is 4. The van der Waals surface area contributed by atoms with E-state index in [-0.39, 0.29) is 6.61 Å². The van der Waals surface area contributed by atoms with Crippen LogP contribution in [0.2, 0.25) is 0 Å². The van der Waals surface area contributed by atoms with Crippen LogP contribution in [-0.4, -0.2) is 30.4 Å². The lowest BCUT2D eigenvalue weighted by Gasteiger charge is -2.25. The van der Waals surface area contributed by atoms with Crippen LogP contribution in [0.3, 0.4) is 0 Å². The highest BCUT2D eigenvalue weighted by Gasteiger charge is 2.45. The summed E-state index contributed by atoms with van der Waals surface area (Å²) in [6.07, 6.45) is 2.22. The highest BCUT2D eigenvalue weighted by Crippen LogP contribution is 2.44. The summed E-state index contributed by atoms with van der Waals surface area (Å²) in [5.41, 5.74) is 1.50. The fourth-order valence-electron chi connectivity index (χ4n) is 3.02. The van der Waals surface area contributed by atoms with Crippen molar-refractivity contribution in [2.75, 3.05) is 13.2 Å². The Balaban J connectivity index is 1.63. The minimum Gasteiger partial charge on any atom is -0.493 e. The zero-order chi connectivity index (χ0) is 20.7. The van der Waals surface area contributed by atoms with Gasteiger partial charge in [0.1, 0.15) is 18.6 Å². The summed E-state index contributed by atoms with van der Waals surface area (Å²) in [5.74, 6) is 1.27. The van der Waals surface area contributed by atoms with Gasteiger partial charge in [-0.2, -0.15) is 0 Å². The summed E-state index contributed by atoms with van der Waals surface area (Å²) in [6, 6.07) is 17.3. The molecular formula is C24H29NO4. The molecule has 1 aliphatic carbocycles. The summed E-state index contributed by atoms with van der Waals surface area (Å²) >= 11 is 0. The number of carbonyl (C=O) groups is 2. The molecule has 1 fully saturated rings. The minimum absolute atomic E-state index is 0.215. The number of ether oxygens (including phenoxy) is 2. The van der Waals surface area contributed by atoms with Crippen LogP contribution in [-0.2, 0) is 22.7 Å². The zero-order valence-corrected chi connectivity index (χ0v) is 17.2. The first kappa shape index (κ1) is 20.9. The summed E-state index contributed by atoms with van der Waals surface area (Å²) in [5, 5.41) is 0. The van der Waals surface area contributed by atoms with Crippen LogP contribution in [0.1, 0.15) is 37.8 Å². The topological polar surface area (TPSA) is 55.8 Å². The van der Waals surface area contributed by atoms with Crippen molar-refractivity contribution in [3.05, 3.63) is 65.7 Å². The van der Waals surface area contributed by atoms with E-state index in [9.17, 15) is 9.59 Å². The summed E-state index contributed by atoms with van der Waals surface area (Å²) in [4.78, 5) is 25.8. The van der Waals surface area contributed by atoms with E-state index in [0.717, 1.165) is 36.0 Å². The number of nitrogens with zero attached hydrogens (tertiary/aromatic N) is 1. The van der Waals surface area contributed by atoms with E-state index < -0.39 is 11.5 Å². The monoisotopic (exact) mass is 395 g/mol. The Morgan fingerprint density at radius 2 is 1.76 bits per heavy atom. The minimum atomic E-state index is -0.411. The van der Waals surface area contributed by atoms with Crippen LogP contribution in [0.25, 0.3) is 0 Å². The molecule has 0 N–H and O–H groups in total. The molecule has 0 aliphatic heterocycles. The maximum Gasteiger partial charge on any atom is 0.410 e. The highest BCUT2D eigenvalue weighted by atomic mass is 16.6. The SMILES string of the molecule is CC(C)COc1ccc(CN(CC2(C=O)CC2)C(=O)OCc2ccccc2)cc1. The predicted octanol–water partition coefficient (Wildman–Crippen LogP) is 4.84. The number of rotatable bonds is 10. The van der Waals surface area contributed by atoms with Gasteiger partial charge in [0.15, 0.2) is 0 Å². The van der Waals surface area contributed by atoms with Gasteiger partial charge >= 0.3 is 6.09 Å². The lowest BCUT2D eigenvalue weighted by molar-refractivity contribution is -0.112. The Morgan fingerprint density at radius 3 is 2.34 bits per heavy atom. The molecule has 0 bridgehead atoms. The Morgan fingerprint density at radius 1 is 1.07 bits per heavy atom. The normalized spacial score (nSPS) is 14.3. The molecule has 0 heterocycles. The van der Waals surface area contributed by atoms with Gasteiger partial charge in [-0.15, -0.1) is 0 Å². The Labute approximate surface area is 172 Å². The Bertz CT molecular complexity index is 797. The highest BCUT2D eigenvalue weighted by molar-refractivity contribution is 5.70. The summed E-state index contributed by atoms with van der Waals surface area (Å²) in [7, 11) is 0. The second kappa shape index (κ2) is 9.59. The van der Waals surface area contributed by atoms with E-state index in [2.05, 4.69) is 13.8 Å². The number of hydrogen-bond donors (Lipinski definition) is 0. The van der Waals surface area contributed by atoms with Crippen LogP contribution < -0.4 is 4.74 Å². The molecule has 1 amide bonds. The maximum absolute atomic E-state index is 12.7. The molecule has 1 aliphatic rings. The van der Waals surface area contributed by atoms with Crippen molar-refractivity contribution in [1.82, 2.24) is 4.90 Å². The molecule has 2 aromatic rings. The van der Waals surface area contributed by atoms with E-state index in [1.807, 2.05) is 54.6 Å². The molecule has 29 heavy (non-hydrogen) atoms. The number of amides is 1. The van der Waals surface area contributed by atoms with Gasteiger partial charge in [0.05, 0.1) is 6.61 Å². The largest absolute Gasteiger partial charge is 0.493 e.